The average Bonchev–Trinajstić information content (AvgIpc) is 2.34. The number of amides is 1. The van der Waals surface area contributed by atoms with Gasteiger partial charge >= 0.3 is 0 Å². The number of nitrogens with zero attached hydrogens (tertiary/aromatic N) is 1. The number of nitrogens with two attached hydrogens (primary N) is 1. The second kappa shape index (κ2) is 6.66. The van der Waals surface area contributed by atoms with Gasteiger partial charge in [-0.05, 0) is 19.1 Å². The van der Waals surface area contributed by atoms with Crippen molar-refractivity contribution in [1.82, 2.24) is 10.2 Å². The monoisotopic (exact) mass is 323 g/mol. The van der Waals surface area contributed by atoms with Crippen molar-refractivity contribution in [3.05, 3.63) is 27.7 Å². The molecule has 3 N–H and O–H groups in total. The lowest BCUT2D eigenvalue weighted by molar-refractivity contribution is 0.0709. The maximum absolute atomic E-state index is 12.3. The molecule has 1 atom stereocenters. The Hall–Kier alpha value is -0.680. The van der Waals surface area contributed by atoms with Gasteiger partial charge in [-0.1, -0.05) is 23.2 Å². The van der Waals surface area contributed by atoms with Gasteiger partial charge < -0.3 is 16.0 Å². The summed E-state index contributed by atoms with van der Waals surface area (Å²) in [6.07, 6.45) is 0. The number of carbonyl (C=O) groups excluding carboxylic acids is 1. The van der Waals surface area contributed by atoms with Crippen LogP contribution in [-0.4, -0.2) is 36.5 Å². The van der Waals surface area contributed by atoms with E-state index in [0.717, 1.165) is 6.54 Å². The molecular weight excluding hydrogens is 309 g/mol. The minimum Gasteiger partial charge on any atom is -0.396 e. The summed E-state index contributed by atoms with van der Waals surface area (Å²) in [5.41, 5.74) is 6.44. The van der Waals surface area contributed by atoms with E-state index in [-0.39, 0.29) is 18.3 Å². The first-order chi connectivity index (χ1) is 8.49. The van der Waals surface area contributed by atoms with E-state index in [0.29, 0.717) is 40.4 Å². The van der Waals surface area contributed by atoms with Gasteiger partial charge in [0.15, 0.2) is 0 Å². The van der Waals surface area contributed by atoms with Gasteiger partial charge in [0, 0.05) is 31.2 Å². The molecule has 0 radical (unpaired) electrons. The number of carbonyl (C=O) groups is 1. The topological polar surface area (TPSA) is 58.4 Å². The third-order valence-electron chi connectivity index (χ3n) is 2.98. The number of nitrogen functional groups attached to an aromatic ring is 1. The molecule has 1 aromatic rings. The van der Waals surface area contributed by atoms with E-state index in [1.54, 1.807) is 17.0 Å². The molecular formula is C12H16Cl3N3O. The van der Waals surface area contributed by atoms with Gasteiger partial charge in [-0.15, -0.1) is 12.4 Å². The molecule has 1 aliphatic heterocycles. The van der Waals surface area contributed by atoms with Crippen molar-refractivity contribution in [2.45, 2.75) is 13.0 Å². The van der Waals surface area contributed by atoms with E-state index in [4.69, 9.17) is 28.9 Å². The molecule has 2 rings (SSSR count). The Balaban J connectivity index is 0.00000180. The lowest BCUT2D eigenvalue weighted by Gasteiger charge is -2.32. The van der Waals surface area contributed by atoms with Crippen LogP contribution in [0.5, 0.6) is 0 Å². The highest BCUT2D eigenvalue weighted by Crippen LogP contribution is 2.29. The quantitative estimate of drug-likeness (QED) is 0.780. The molecule has 106 valence electrons. The van der Waals surface area contributed by atoms with E-state index in [1.165, 1.54) is 0 Å². The fourth-order valence-corrected chi connectivity index (χ4v) is 2.49. The average molecular weight is 325 g/mol. The molecule has 0 aliphatic carbocycles. The molecule has 0 spiro atoms. The number of piperazine rings is 1. The maximum Gasteiger partial charge on any atom is 0.254 e. The van der Waals surface area contributed by atoms with Crippen LogP contribution in [0.25, 0.3) is 0 Å². The summed E-state index contributed by atoms with van der Waals surface area (Å²) in [5.74, 6) is -0.0628. The summed E-state index contributed by atoms with van der Waals surface area (Å²) in [6, 6.07) is 3.43. The number of hydrogen-bond donors (Lipinski definition) is 2. The zero-order valence-corrected chi connectivity index (χ0v) is 12.8. The second-order valence-electron chi connectivity index (χ2n) is 4.46. The summed E-state index contributed by atoms with van der Waals surface area (Å²) in [7, 11) is 0. The third kappa shape index (κ3) is 3.66. The van der Waals surface area contributed by atoms with Crippen molar-refractivity contribution in [2.24, 2.45) is 0 Å². The van der Waals surface area contributed by atoms with Crippen LogP contribution >= 0.6 is 35.6 Å². The van der Waals surface area contributed by atoms with Crippen LogP contribution in [0, 0.1) is 0 Å². The van der Waals surface area contributed by atoms with Crippen molar-refractivity contribution < 1.29 is 4.79 Å². The van der Waals surface area contributed by atoms with Gasteiger partial charge in [-0.3, -0.25) is 4.79 Å². The van der Waals surface area contributed by atoms with E-state index in [1.807, 2.05) is 6.92 Å². The first kappa shape index (κ1) is 16.4. The predicted molar refractivity (Wildman–Crippen MR) is 81.5 cm³/mol. The molecule has 1 amide bonds. The van der Waals surface area contributed by atoms with Crippen LogP contribution in [0.2, 0.25) is 10.0 Å². The number of halogens is 3. The van der Waals surface area contributed by atoms with Crippen LogP contribution in [0.1, 0.15) is 17.3 Å². The first-order valence-electron chi connectivity index (χ1n) is 5.76. The minimum atomic E-state index is -0.0628. The van der Waals surface area contributed by atoms with Crippen molar-refractivity contribution in [3.8, 4) is 0 Å². The Morgan fingerprint density at radius 1 is 1.42 bits per heavy atom. The van der Waals surface area contributed by atoms with Crippen LogP contribution in [0.3, 0.4) is 0 Å². The van der Waals surface area contributed by atoms with Gasteiger partial charge in [0.2, 0.25) is 0 Å². The second-order valence-corrected chi connectivity index (χ2v) is 5.27. The van der Waals surface area contributed by atoms with Crippen LogP contribution in [0.4, 0.5) is 5.69 Å². The summed E-state index contributed by atoms with van der Waals surface area (Å²) in [4.78, 5) is 14.1. The molecule has 1 aliphatic rings. The van der Waals surface area contributed by atoms with E-state index < -0.39 is 0 Å². The first-order valence-corrected chi connectivity index (χ1v) is 6.52. The van der Waals surface area contributed by atoms with Crippen molar-refractivity contribution in [3.63, 3.8) is 0 Å². The fraction of sp³-hybridized carbons (Fsp3) is 0.417. The summed E-state index contributed by atoms with van der Waals surface area (Å²) >= 11 is 11.9. The molecule has 7 heteroatoms. The fourth-order valence-electron chi connectivity index (χ4n) is 2.01. The Labute approximate surface area is 128 Å². The predicted octanol–water partition coefficient (Wildman–Crippen LogP) is 2.43. The van der Waals surface area contributed by atoms with Crippen LogP contribution in [0.15, 0.2) is 12.1 Å². The summed E-state index contributed by atoms with van der Waals surface area (Å²) in [5, 5.41) is 3.91. The SMILES string of the molecule is C[C@@H]1CN(C(=O)c2cc(Cl)c(N)c(Cl)c2)CCN1.Cl. The smallest absolute Gasteiger partial charge is 0.254 e. The highest BCUT2D eigenvalue weighted by atomic mass is 35.5. The molecule has 4 nitrogen and oxygen atoms in total. The van der Waals surface area contributed by atoms with E-state index >= 15 is 0 Å². The Bertz CT molecular complexity index is 458. The van der Waals surface area contributed by atoms with Crippen molar-refractivity contribution in [1.29, 1.82) is 0 Å². The maximum atomic E-state index is 12.3. The van der Waals surface area contributed by atoms with Crippen molar-refractivity contribution >= 4 is 47.2 Å². The molecule has 1 saturated heterocycles. The van der Waals surface area contributed by atoms with Gasteiger partial charge in [-0.2, -0.15) is 0 Å². The third-order valence-corrected chi connectivity index (χ3v) is 3.61. The summed E-state index contributed by atoms with van der Waals surface area (Å²) in [6.45, 7) is 4.20. The highest BCUT2D eigenvalue weighted by molar-refractivity contribution is 6.39. The number of nitrogens with one attached hydrogen (secondary N) is 1. The Morgan fingerprint density at radius 3 is 2.53 bits per heavy atom. The minimum absolute atomic E-state index is 0. The lowest BCUT2D eigenvalue weighted by Crippen LogP contribution is -2.51. The van der Waals surface area contributed by atoms with Gasteiger partial charge in [-0.25, -0.2) is 0 Å². The van der Waals surface area contributed by atoms with Crippen LogP contribution < -0.4 is 11.1 Å². The highest BCUT2D eigenvalue weighted by Gasteiger charge is 2.22. The zero-order chi connectivity index (χ0) is 13.3. The molecule has 0 saturated carbocycles. The molecule has 1 fully saturated rings. The molecule has 0 aromatic heterocycles. The lowest BCUT2D eigenvalue weighted by atomic mass is 10.1. The number of hydrogen-bond acceptors (Lipinski definition) is 3. The molecule has 1 heterocycles. The molecule has 0 unspecified atom stereocenters. The van der Waals surface area contributed by atoms with Gasteiger partial charge in [0.25, 0.3) is 5.91 Å². The Morgan fingerprint density at radius 2 is 2.00 bits per heavy atom. The standard InChI is InChI=1S/C12H15Cl2N3O.ClH/c1-7-6-17(3-2-16-7)12(18)8-4-9(13)11(15)10(14)5-8;/h4-5,7,16H,2-3,6,15H2,1H3;1H/t7-;/m1./s1. The normalized spacial score (nSPS) is 18.9. The van der Waals surface area contributed by atoms with E-state index in [9.17, 15) is 4.79 Å². The molecule has 1 aromatic carbocycles. The van der Waals surface area contributed by atoms with Gasteiger partial charge in [0.05, 0.1) is 15.7 Å². The van der Waals surface area contributed by atoms with Crippen LogP contribution in [-0.2, 0) is 0 Å². The van der Waals surface area contributed by atoms with Crippen molar-refractivity contribution in [2.75, 3.05) is 25.4 Å². The number of rotatable bonds is 1. The largest absolute Gasteiger partial charge is 0.396 e. The number of anilines is 1. The Kier molecular flexibility index (Phi) is 5.74. The van der Waals surface area contributed by atoms with E-state index in [2.05, 4.69) is 5.32 Å². The molecule has 0 bridgehead atoms. The summed E-state index contributed by atoms with van der Waals surface area (Å²) < 4.78 is 0. The molecule has 19 heavy (non-hydrogen) atoms. The van der Waals surface area contributed by atoms with Gasteiger partial charge in [0.1, 0.15) is 0 Å². The zero-order valence-electron chi connectivity index (χ0n) is 10.5. The number of benzene rings is 1.